The van der Waals surface area contributed by atoms with Gasteiger partial charge in [-0.15, -0.1) is 37.2 Å². The van der Waals surface area contributed by atoms with Crippen molar-refractivity contribution >= 4 is 93.3 Å². The van der Waals surface area contributed by atoms with E-state index < -0.39 is 0 Å². The maximum Gasteiger partial charge on any atom is 0.0485 e. The molecule has 0 saturated heterocycles. The molecule has 0 aliphatic heterocycles. The van der Waals surface area contributed by atoms with Gasteiger partial charge in [0.2, 0.25) is 0 Å². The summed E-state index contributed by atoms with van der Waals surface area (Å²) in [5.41, 5.74) is 2.22. The molecule has 3 N–H and O–H groups in total. The lowest BCUT2D eigenvalue weighted by atomic mass is 10.1. The number of halogens is 5. The van der Waals surface area contributed by atoms with Crippen molar-refractivity contribution in [1.82, 2.24) is 5.32 Å². The van der Waals surface area contributed by atoms with Crippen LogP contribution < -0.4 is 16.0 Å². The Balaban J connectivity index is 0.00000171. The second-order valence-electron chi connectivity index (χ2n) is 6.88. The molecule has 4 aromatic carbocycles. The van der Waals surface area contributed by atoms with Crippen molar-refractivity contribution in [3.8, 4) is 0 Å². The molecule has 0 aromatic heterocycles. The van der Waals surface area contributed by atoms with E-state index in [0.717, 1.165) is 69.1 Å². The monoisotopic (exact) mass is 531 g/mol. The van der Waals surface area contributed by atoms with E-state index in [1.165, 1.54) is 0 Å². The highest BCUT2D eigenvalue weighted by atomic mass is 35.5. The lowest BCUT2D eigenvalue weighted by Crippen LogP contribution is -2.27. The molecule has 0 radical (unpaired) electrons. The van der Waals surface area contributed by atoms with Crippen molar-refractivity contribution < 1.29 is 0 Å². The first-order valence-electron chi connectivity index (χ1n) is 9.77. The quantitative estimate of drug-likeness (QED) is 0.203. The van der Waals surface area contributed by atoms with Gasteiger partial charge in [0.1, 0.15) is 0 Å². The van der Waals surface area contributed by atoms with Gasteiger partial charge in [0.25, 0.3) is 0 Å². The van der Waals surface area contributed by atoms with Gasteiger partial charge in [-0.05, 0) is 24.3 Å². The fourth-order valence-electron chi connectivity index (χ4n) is 3.53. The van der Waals surface area contributed by atoms with Crippen molar-refractivity contribution in [3.63, 3.8) is 0 Å². The van der Waals surface area contributed by atoms with E-state index in [2.05, 4.69) is 28.1 Å². The van der Waals surface area contributed by atoms with Crippen LogP contribution in [-0.4, -0.2) is 26.2 Å². The Bertz CT molecular complexity index is 1050. The molecule has 0 bridgehead atoms. The van der Waals surface area contributed by atoms with Gasteiger partial charge in [0, 0.05) is 69.1 Å². The molecule has 3 nitrogen and oxygen atoms in total. The van der Waals surface area contributed by atoms with Crippen LogP contribution in [-0.2, 0) is 0 Å². The Morgan fingerprint density at radius 3 is 1.25 bits per heavy atom. The van der Waals surface area contributed by atoms with Crippen LogP contribution in [0.2, 0.25) is 10.0 Å². The van der Waals surface area contributed by atoms with Gasteiger partial charge in [-0.3, -0.25) is 0 Å². The Kier molecular flexibility index (Phi) is 12.3. The third-order valence-electron chi connectivity index (χ3n) is 4.98. The average Bonchev–Trinajstić information content (AvgIpc) is 2.76. The highest BCUT2D eigenvalue weighted by Crippen LogP contribution is 2.30. The highest BCUT2D eigenvalue weighted by Gasteiger charge is 2.04. The zero-order valence-electron chi connectivity index (χ0n) is 17.2. The summed E-state index contributed by atoms with van der Waals surface area (Å²) in [7, 11) is 0. The zero-order chi connectivity index (χ0) is 20.1. The molecular weight excluding hydrogens is 508 g/mol. The Hall–Kier alpha value is -1.59. The molecule has 32 heavy (non-hydrogen) atoms. The molecule has 0 heterocycles. The normalized spacial score (nSPS) is 10.1. The number of fused-ring (bicyclic) bond motifs is 2. The summed E-state index contributed by atoms with van der Waals surface area (Å²) in [5.74, 6) is 0. The first-order valence-corrected chi connectivity index (χ1v) is 10.5. The number of benzene rings is 4. The molecular formula is C24H26Cl5N3. The molecule has 0 aliphatic carbocycles. The van der Waals surface area contributed by atoms with Gasteiger partial charge in [-0.2, -0.15) is 0 Å². The van der Waals surface area contributed by atoms with E-state index in [9.17, 15) is 0 Å². The lowest BCUT2D eigenvalue weighted by Gasteiger charge is -2.13. The minimum Gasteiger partial charge on any atom is -0.383 e. The average molecular weight is 534 g/mol. The molecule has 0 amide bonds. The number of hydrogen-bond acceptors (Lipinski definition) is 3. The van der Waals surface area contributed by atoms with E-state index in [-0.39, 0.29) is 37.2 Å². The predicted molar refractivity (Wildman–Crippen MR) is 150 cm³/mol. The molecule has 8 heteroatoms. The van der Waals surface area contributed by atoms with Gasteiger partial charge in [-0.25, -0.2) is 0 Å². The van der Waals surface area contributed by atoms with E-state index in [0.29, 0.717) is 0 Å². The fourth-order valence-corrected chi connectivity index (χ4v) is 3.98. The molecule has 4 aromatic rings. The first kappa shape index (κ1) is 28.4. The van der Waals surface area contributed by atoms with Gasteiger partial charge in [0.15, 0.2) is 0 Å². The van der Waals surface area contributed by atoms with E-state index in [4.69, 9.17) is 23.2 Å². The third-order valence-corrected chi connectivity index (χ3v) is 5.64. The van der Waals surface area contributed by atoms with Crippen LogP contribution in [0.4, 0.5) is 11.4 Å². The summed E-state index contributed by atoms with van der Waals surface area (Å²) in [6.07, 6.45) is 0. The van der Waals surface area contributed by atoms with Crippen LogP contribution in [0.25, 0.3) is 21.5 Å². The third kappa shape index (κ3) is 6.71. The van der Waals surface area contributed by atoms with Crippen LogP contribution in [0.5, 0.6) is 0 Å². The second kappa shape index (κ2) is 13.8. The maximum absolute atomic E-state index is 6.29. The minimum atomic E-state index is 0. The molecule has 0 spiro atoms. The van der Waals surface area contributed by atoms with Crippen LogP contribution in [0.3, 0.4) is 0 Å². The molecule has 0 unspecified atom stereocenters. The molecule has 0 saturated carbocycles. The summed E-state index contributed by atoms with van der Waals surface area (Å²) in [6.45, 7) is 3.44. The van der Waals surface area contributed by atoms with Crippen molar-refractivity contribution in [2.45, 2.75) is 0 Å². The van der Waals surface area contributed by atoms with Crippen LogP contribution in [0.15, 0.2) is 72.8 Å². The summed E-state index contributed by atoms with van der Waals surface area (Å²) in [5, 5.41) is 16.5. The summed E-state index contributed by atoms with van der Waals surface area (Å²) in [4.78, 5) is 0. The number of rotatable bonds is 8. The predicted octanol–water partition coefficient (Wildman–Crippen LogP) is 7.68. The van der Waals surface area contributed by atoms with E-state index in [1.54, 1.807) is 0 Å². The van der Waals surface area contributed by atoms with E-state index in [1.807, 2.05) is 60.7 Å². The van der Waals surface area contributed by atoms with Crippen molar-refractivity contribution in [1.29, 1.82) is 0 Å². The minimum absolute atomic E-state index is 0. The smallest absolute Gasteiger partial charge is 0.0485 e. The van der Waals surface area contributed by atoms with Gasteiger partial charge in [-0.1, -0.05) is 71.7 Å². The molecule has 0 aliphatic rings. The first-order chi connectivity index (χ1) is 14.2. The summed E-state index contributed by atoms with van der Waals surface area (Å²) < 4.78 is 0. The van der Waals surface area contributed by atoms with Crippen molar-refractivity contribution in [3.05, 3.63) is 82.8 Å². The maximum atomic E-state index is 6.29. The number of nitrogens with one attached hydrogen (secondary N) is 3. The molecule has 172 valence electrons. The molecule has 0 fully saturated rings. The standard InChI is InChI=1S/C24H23Cl2N3.3ClH/c25-21-9-11-23(19-7-3-1-5-17(19)21)28-15-13-27-14-16-29-24-12-10-22(26)18-6-2-4-8-20(18)24;;;/h1-12,27-29H,13-16H2;3*1H. The SMILES string of the molecule is Cl.Cl.Cl.Clc1ccc(NCCNCCNc2ccc(Cl)c3ccccc23)c2ccccc12. The van der Waals surface area contributed by atoms with Crippen LogP contribution in [0, 0.1) is 0 Å². The molecule has 0 atom stereocenters. The Labute approximate surface area is 217 Å². The summed E-state index contributed by atoms with van der Waals surface area (Å²) in [6, 6.07) is 24.3. The Morgan fingerprint density at radius 1 is 0.469 bits per heavy atom. The van der Waals surface area contributed by atoms with Crippen LogP contribution >= 0.6 is 60.4 Å². The molecule has 4 rings (SSSR count). The number of anilines is 2. The topological polar surface area (TPSA) is 36.1 Å². The van der Waals surface area contributed by atoms with Gasteiger partial charge < -0.3 is 16.0 Å². The summed E-state index contributed by atoms with van der Waals surface area (Å²) >= 11 is 12.6. The fraction of sp³-hybridized carbons (Fsp3) is 0.167. The second-order valence-corrected chi connectivity index (χ2v) is 7.70. The van der Waals surface area contributed by atoms with E-state index >= 15 is 0 Å². The van der Waals surface area contributed by atoms with Crippen LogP contribution in [0.1, 0.15) is 0 Å². The Morgan fingerprint density at radius 2 is 0.844 bits per heavy atom. The van der Waals surface area contributed by atoms with Crippen molar-refractivity contribution in [2.75, 3.05) is 36.8 Å². The van der Waals surface area contributed by atoms with Gasteiger partial charge in [0.05, 0.1) is 0 Å². The largest absolute Gasteiger partial charge is 0.383 e. The zero-order valence-corrected chi connectivity index (χ0v) is 21.2. The van der Waals surface area contributed by atoms with Crippen molar-refractivity contribution in [2.24, 2.45) is 0 Å². The lowest BCUT2D eigenvalue weighted by molar-refractivity contribution is 0.719. The number of hydrogen-bond donors (Lipinski definition) is 3. The van der Waals surface area contributed by atoms with Gasteiger partial charge >= 0.3 is 0 Å². The highest BCUT2D eigenvalue weighted by molar-refractivity contribution is 6.36.